The monoisotopic (exact) mass is 585 g/mol. The summed E-state index contributed by atoms with van der Waals surface area (Å²) in [5.41, 5.74) is -0.122. The summed E-state index contributed by atoms with van der Waals surface area (Å²) in [6.07, 6.45) is 2.01. The fourth-order valence-corrected chi connectivity index (χ4v) is 7.32. The normalized spacial score (nSPS) is 15.3. The Bertz CT molecular complexity index is 917. The molecule has 0 radical (unpaired) electrons. The van der Waals surface area contributed by atoms with Gasteiger partial charge in [-0.05, 0) is 44.0 Å². The van der Waals surface area contributed by atoms with E-state index >= 15 is 0 Å². The summed E-state index contributed by atoms with van der Waals surface area (Å²) < 4.78 is 72.5. The molecule has 1 aliphatic rings. The van der Waals surface area contributed by atoms with Gasteiger partial charge in [-0.15, -0.1) is 10.2 Å². The standard InChI is InChI=1S/C22H28NOS2.2ClHO4/c1-5-15-24-17(3)23-22(4,6-2)16-26-20-13-9-7-11-18(20)25-19-12-8-10-14-21(19)26;2*2-1(3,4)5/h7-14H,5-6,15-16H2,1-4H3;2*(H,2,3,4,5)/q+1;;/p-1. The number of ether oxygens (including phenoxy) is 1. The Morgan fingerprint density at radius 3 is 1.75 bits per heavy atom. The van der Waals surface area contributed by atoms with E-state index in [1.165, 1.54) is 19.6 Å². The van der Waals surface area contributed by atoms with Crippen molar-refractivity contribution in [2.45, 2.75) is 65.7 Å². The summed E-state index contributed by atoms with van der Waals surface area (Å²) in [6, 6.07) is 17.7. The largest absolute Gasteiger partial charge is 0.481 e. The molecule has 1 atom stereocenters. The van der Waals surface area contributed by atoms with Gasteiger partial charge in [-0.1, -0.05) is 49.9 Å². The maximum absolute atomic E-state index is 8.60. The fraction of sp³-hybridized carbons (Fsp3) is 0.409. The highest BCUT2D eigenvalue weighted by Gasteiger charge is 2.41. The molecule has 0 bridgehead atoms. The molecule has 36 heavy (non-hydrogen) atoms. The lowest BCUT2D eigenvalue weighted by Gasteiger charge is -2.27. The van der Waals surface area contributed by atoms with Gasteiger partial charge in [0.2, 0.25) is 0 Å². The molecule has 0 aliphatic carbocycles. The zero-order valence-corrected chi connectivity index (χ0v) is 23.3. The zero-order chi connectivity index (χ0) is 27.6. The first-order valence-electron chi connectivity index (χ1n) is 10.6. The van der Waals surface area contributed by atoms with E-state index in [0.29, 0.717) is 0 Å². The number of halogens is 2. The predicted octanol–water partition coefficient (Wildman–Crippen LogP) is -2.68. The van der Waals surface area contributed by atoms with Crippen LogP contribution >= 0.6 is 11.8 Å². The molecule has 1 unspecified atom stereocenters. The topological polar surface area (TPSA) is 203 Å². The molecule has 14 heteroatoms. The number of benzene rings is 2. The number of rotatable bonds is 6. The summed E-state index contributed by atoms with van der Waals surface area (Å²) in [5, 5.41) is 0. The molecule has 0 aromatic heterocycles. The van der Waals surface area contributed by atoms with Gasteiger partial charge in [0.25, 0.3) is 0 Å². The Kier molecular flexibility index (Phi) is 13.4. The van der Waals surface area contributed by atoms with Crippen LogP contribution in [0.15, 0.2) is 73.1 Å². The van der Waals surface area contributed by atoms with Crippen molar-refractivity contribution >= 4 is 28.6 Å². The van der Waals surface area contributed by atoms with Gasteiger partial charge in [0, 0.05) is 6.92 Å². The third kappa shape index (κ3) is 13.4. The van der Waals surface area contributed by atoms with E-state index in [9.17, 15) is 0 Å². The summed E-state index contributed by atoms with van der Waals surface area (Å²) in [4.78, 5) is 10.7. The lowest BCUT2D eigenvalue weighted by molar-refractivity contribution is -2.00. The van der Waals surface area contributed by atoms with E-state index in [1.54, 1.807) is 0 Å². The minimum absolute atomic E-state index is 0.0305. The summed E-state index contributed by atoms with van der Waals surface area (Å²) in [7, 11) is -9.61. The summed E-state index contributed by atoms with van der Waals surface area (Å²) in [5.74, 6) is 1.83. The van der Waals surface area contributed by atoms with Gasteiger partial charge in [0.05, 0.1) is 42.2 Å². The first kappa shape index (κ1) is 32.9. The van der Waals surface area contributed by atoms with E-state index in [-0.39, 0.29) is 16.4 Å². The van der Waals surface area contributed by atoms with Crippen molar-refractivity contribution in [1.82, 2.24) is 0 Å². The number of fused-ring (bicyclic) bond motifs is 2. The van der Waals surface area contributed by atoms with E-state index < -0.39 is 20.5 Å². The minimum Gasteiger partial charge on any atom is -0.481 e. The average molecular weight is 587 g/mol. The molecule has 2 aromatic rings. The highest BCUT2D eigenvalue weighted by Crippen LogP contribution is 2.46. The molecule has 0 saturated carbocycles. The van der Waals surface area contributed by atoms with Crippen LogP contribution in [0.2, 0.25) is 0 Å². The van der Waals surface area contributed by atoms with Gasteiger partial charge < -0.3 is 4.74 Å². The first-order valence-corrected chi connectivity index (χ1v) is 15.3. The molecule has 202 valence electrons. The third-order valence-electron chi connectivity index (χ3n) is 4.61. The molecule has 1 N–H and O–H groups in total. The van der Waals surface area contributed by atoms with Crippen molar-refractivity contribution in [3.63, 3.8) is 0 Å². The van der Waals surface area contributed by atoms with Crippen LogP contribution in [0.3, 0.4) is 0 Å². The third-order valence-corrected chi connectivity index (χ3v) is 8.70. The molecule has 0 fully saturated rings. The molecule has 3 rings (SSSR count). The Morgan fingerprint density at radius 2 is 1.36 bits per heavy atom. The minimum atomic E-state index is -4.94. The van der Waals surface area contributed by atoms with Crippen LogP contribution in [0.25, 0.3) is 0 Å². The molecule has 10 nitrogen and oxygen atoms in total. The van der Waals surface area contributed by atoms with Crippen molar-refractivity contribution in [2.75, 3.05) is 12.4 Å². The van der Waals surface area contributed by atoms with Gasteiger partial charge >= 0.3 is 0 Å². The van der Waals surface area contributed by atoms with Crippen molar-refractivity contribution in [3.05, 3.63) is 48.5 Å². The Labute approximate surface area is 222 Å². The highest BCUT2D eigenvalue weighted by molar-refractivity contribution is 8.04. The summed E-state index contributed by atoms with van der Waals surface area (Å²) >= 11 is 1.89. The van der Waals surface area contributed by atoms with Crippen molar-refractivity contribution in [3.8, 4) is 0 Å². The van der Waals surface area contributed by atoms with Crippen molar-refractivity contribution < 1.29 is 62.5 Å². The van der Waals surface area contributed by atoms with Crippen LogP contribution in [0.4, 0.5) is 0 Å². The quantitative estimate of drug-likeness (QED) is 0.211. The zero-order valence-electron chi connectivity index (χ0n) is 20.2. The van der Waals surface area contributed by atoms with E-state index in [1.807, 2.05) is 18.7 Å². The number of hydrogen-bond acceptors (Lipinski definition) is 11. The average Bonchev–Trinajstić information content (AvgIpc) is 2.75. The second-order valence-electron chi connectivity index (χ2n) is 7.63. The molecule has 1 aliphatic heterocycles. The van der Waals surface area contributed by atoms with Gasteiger partial charge in [0.15, 0.2) is 15.7 Å². The van der Waals surface area contributed by atoms with E-state index in [2.05, 4.69) is 69.3 Å². The molecular weight excluding hydrogens is 557 g/mol. The predicted molar refractivity (Wildman–Crippen MR) is 116 cm³/mol. The molecular formula is C22H29Cl2NO9S2. The molecule has 0 saturated heterocycles. The van der Waals surface area contributed by atoms with Crippen LogP contribution in [0.5, 0.6) is 0 Å². The van der Waals surface area contributed by atoms with Crippen LogP contribution in [0.1, 0.15) is 40.5 Å². The molecule has 2 aromatic carbocycles. The molecule has 0 spiro atoms. The fourth-order valence-electron chi connectivity index (χ4n) is 3.06. The van der Waals surface area contributed by atoms with Gasteiger partial charge in [-0.25, -0.2) is 23.6 Å². The van der Waals surface area contributed by atoms with Crippen LogP contribution < -0.4 is 32.6 Å². The van der Waals surface area contributed by atoms with Gasteiger partial charge in [0.1, 0.15) is 11.3 Å². The number of hydrogen-bond donors (Lipinski definition) is 1. The van der Waals surface area contributed by atoms with Crippen LogP contribution in [-0.4, -0.2) is 28.5 Å². The van der Waals surface area contributed by atoms with Gasteiger partial charge in [-0.2, -0.15) is 14.0 Å². The Hall–Kier alpha value is -1.13. The van der Waals surface area contributed by atoms with E-state index in [0.717, 1.165) is 31.1 Å². The van der Waals surface area contributed by atoms with Gasteiger partial charge in [-0.3, -0.25) is 0 Å². The van der Waals surface area contributed by atoms with E-state index in [4.69, 9.17) is 47.0 Å². The number of nitrogens with zero attached hydrogens (tertiary/aromatic N) is 1. The lowest BCUT2D eigenvalue weighted by atomic mass is 10.0. The lowest BCUT2D eigenvalue weighted by Crippen LogP contribution is -2.68. The Morgan fingerprint density at radius 1 is 0.944 bits per heavy atom. The SMILES string of the molecule is CCCOC(C)=NC(C)(CC)C[S+]1c2ccccc2Sc2ccccc21.[O-][Cl+3]([O-])([O-])O.[O-][Cl+3]([O-])([O-])[O-]. The smallest absolute Gasteiger partial charge is 0.180 e. The highest BCUT2D eigenvalue weighted by atomic mass is 35.7. The molecule has 0 amide bonds. The maximum atomic E-state index is 8.60. The first-order chi connectivity index (χ1) is 16.6. The second kappa shape index (κ2) is 14.7. The Balaban J connectivity index is 0.000000550. The number of aliphatic imine (C=N–C) groups is 1. The summed E-state index contributed by atoms with van der Waals surface area (Å²) in [6.45, 7) is 9.36. The molecule has 1 heterocycles. The second-order valence-corrected chi connectivity index (χ2v) is 12.2. The van der Waals surface area contributed by atoms with Crippen LogP contribution in [0, 0.1) is 20.5 Å². The van der Waals surface area contributed by atoms with Crippen LogP contribution in [-0.2, 0) is 15.6 Å². The van der Waals surface area contributed by atoms with Crippen molar-refractivity contribution in [1.29, 1.82) is 0 Å². The maximum Gasteiger partial charge on any atom is 0.180 e. The van der Waals surface area contributed by atoms with Crippen molar-refractivity contribution in [2.24, 2.45) is 4.99 Å².